The van der Waals surface area contributed by atoms with Gasteiger partial charge in [0.1, 0.15) is 0 Å². The summed E-state index contributed by atoms with van der Waals surface area (Å²) in [4.78, 5) is 0. The minimum atomic E-state index is 0. The molecular weight excluding hydrogens is 241 g/mol. The predicted molar refractivity (Wildman–Crippen MR) is 71.3 cm³/mol. The number of benzene rings is 1. The third kappa shape index (κ3) is 1.63. The smallest absolute Gasteiger partial charge is 0.0651 e. The molecule has 0 heterocycles. The molecule has 1 aromatic rings. The molecule has 3 unspecified atom stereocenters. The summed E-state index contributed by atoms with van der Waals surface area (Å²) in [5.41, 5.74) is 9.53. The quantitative estimate of drug-likeness (QED) is 0.423. The Bertz CT molecular complexity index is 428. The van der Waals surface area contributed by atoms with Gasteiger partial charge >= 0.3 is 0 Å². The van der Waals surface area contributed by atoms with Gasteiger partial charge in [-0.05, 0) is 41.9 Å². The number of nitrogens with two attached hydrogens (primary N) is 1. The van der Waals surface area contributed by atoms with Crippen LogP contribution in [0.4, 0.5) is 5.69 Å². The van der Waals surface area contributed by atoms with Crippen molar-refractivity contribution in [1.29, 1.82) is 0 Å². The Labute approximate surface area is 107 Å². The van der Waals surface area contributed by atoms with Crippen LogP contribution in [0.15, 0.2) is 30.4 Å². The molecule has 2 aliphatic rings. The summed E-state index contributed by atoms with van der Waals surface area (Å²) in [6.07, 6.45) is 6.79. The summed E-state index contributed by atoms with van der Waals surface area (Å²) in [6, 6.07) is 6.12. The highest BCUT2D eigenvalue weighted by atomic mass is 35.5. The first-order valence-electron chi connectivity index (χ1n) is 5.46. The summed E-state index contributed by atoms with van der Waals surface area (Å²) >= 11 is 6.48. The molecule has 0 radical (unpaired) electrons. The molecule has 0 amide bonds. The maximum absolute atomic E-state index is 6.48. The van der Waals surface area contributed by atoms with Crippen LogP contribution in [-0.4, -0.2) is 0 Å². The van der Waals surface area contributed by atoms with E-state index < -0.39 is 0 Å². The van der Waals surface area contributed by atoms with Crippen molar-refractivity contribution >= 4 is 29.7 Å². The number of hydrogen-bond acceptors (Lipinski definition) is 1. The highest BCUT2D eigenvalue weighted by molar-refractivity contribution is 6.21. The van der Waals surface area contributed by atoms with Crippen molar-refractivity contribution in [3.8, 4) is 0 Å². The van der Waals surface area contributed by atoms with Crippen LogP contribution in [0.1, 0.15) is 35.3 Å². The van der Waals surface area contributed by atoms with Crippen molar-refractivity contribution in [2.75, 3.05) is 5.73 Å². The lowest BCUT2D eigenvalue weighted by molar-refractivity contribution is 0.440. The van der Waals surface area contributed by atoms with Crippen LogP contribution in [0.3, 0.4) is 0 Å². The Kier molecular flexibility index (Phi) is 3.18. The zero-order valence-electron chi connectivity index (χ0n) is 8.90. The lowest BCUT2D eigenvalue weighted by Crippen LogP contribution is -2.23. The number of allylic oxidation sites excluding steroid dienone is 2. The number of fused-ring (bicyclic) bond motifs is 4. The molecule has 86 valence electrons. The van der Waals surface area contributed by atoms with Crippen molar-refractivity contribution in [1.82, 2.24) is 0 Å². The number of rotatable bonds is 0. The van der Waals surface area contributed by atoms with E-state index in [9.17, 15) is 0 Å². The van der Waals surface area contributed by atoms with Crippen molar-refractivity contribution < 1.29 is 0 Å². The maximum Gasteiger partial charge on any atom is 0.0651 e. The van der Waals surface area contributed by atoms with E-state index in [0.717, 1.165) is 18.5 Å². The van der Waals surface area contributed by atoms with Crippen molar-refractivity contribution in [3.05, 3.63) is 41.5 Å². The monoisotopic (exact) mass is 255 g/mol. The molecule has 0 saturated heterocycles. The van der Waals surface area contributed by atoms with Gasteiger partial charge in [-0.1, -0.05) is 24.3 Å². The number of halogens is 2. The number of nitrogen functional groups attached to an aromatic ring is 1. The third-order valence-corrected chi connectivity index (χ3v) is 4.17. The van der Waals surface area contributed by atoms with Gasteiger partial charge < -0.3 is 5.73 Å². The fourth-order valence-electron chi connectivity index (χ4n) is 2.92. The Hall–Kier alpha value is -0.660. The van der Waals surface area contributed by atoms with Crippen molar-refractivity contribution in [2.45, 2.75) is 24.1 Å². The van der Waals surface area contributed by atoms with E-state index in [0.29, 0.717) is 11.8 Å². The molecule has 2 N–H and O–H groups in total. The molecule has 0 fully saturated rings. The first kappa shape index (κ1) is 11.8. The second-order valence-electron chi connectivity index (χ2n) is 4.51. The topological polar surface area (TPSA) is 26.0 Å². The van der Waals surface area contributed by atoms with Crippen LogP contribution in [0.5, 0.6) is 0 Å². The van der Waals surface area contributed by atoms with E-state index in [1.807, 2.05) is 12.1 Å². The molecule has 3 heteroatoms. The Morgan fingerprint density at radius 1 is 1.31 bits per heavy atom. The average molecular weight is 256 g/mol. The second-order valence-corrected chi connectivity index (χ2v) is 4.98. The molecule has 16 heavy (non-hydrogen) atoms. The fraction of sp³-hybridized carbons (Fsp3) is 0.385. The Morgan fingerprint density at radius 2 is 2.12 bits per heavy atom. The van der Waals surface area contributed by atoms with Gasteiger partial charge in [0.2, 0.25) is 0 Å². The van der Waals surface area contributed by atoms with Crippen LogP contribution in [0, 0.1) is 5.92 Å². The highest BCUT2D eigenvalue weighted by Gasteiger charge is 2.34. The lowest BCUT2D eigenvalue weighted by Gasteiger charge is -2.37. The normalized spacial score (nSPS) is 30.4. The lowest BCUT2D eigenvalue weighted by atomic mass is 9.71. The van der Waals surface area contributed by atoms with Crippen LogP contribution in [0.2, 0.25) is 0 Å². The van der Waals surface area contributed by atoms with Crippen LogP contribution < -0.4 is 5.73 Å². The molecule has 3 atom stereocenters. The zero-order valence-corrected chi connectivity index (χ0v) is 10.5. The first-order valence-corrected chi connectivity index (χ1v) is 5.90. The van der Waals surface area contributed by atoms with Gasteiger partial charge in [0.25, 0.3) is 0 Å². The van der Waals surface area contributed by atoms with E-state index in [1.165, 1.54) is 11.1 Å². The van der Waals surface area contributed by atoms with Crippen molar-refractivity contribution in [3.63, 3.8) is 0 Å². The molecule has 0 spiro atoms. The van der Waals surface area contributed by atoms with Gasteiger partial charge in [-0.2, -0.15) is 0 Å². The minimum absolute atomic E-state index is 0. The van der Waals surface area contributed by atoms with Crippen molar-refractivity contribution in [2.24, 2.45) is 5.92 Å². The van der Waals surface area contributed by atoms with Crippen LogP contribution in [-0.2, 0) is 0 Å². The highest BCUT2D eigenvalue weighted by Crippen LogP contribution is 2.50. The number of hydrogen-bond donors (Lipinski definition) is 1. The number of alkyl halides is 1. The molecule has 2 aliphatic carbocycles. The molecule has 0 aliphatic heterocycles. The Balaban J connectivity index is 0.000000963. The molecule has 1 aromatic carbocycles. The molecule has 0 aromatic heterocycles. The summed E-state index contributed by atoms with van der Waals surface area (Å²) in [5, 5.41) is 0.108. The molecular formula is C13H15Cl2N. The minimum Gasteiger partial charge on any atom is -0.398 e. The molecule has 3 rings (SSSR count). The van der Waals surface area contributed by atoms with Crippen LogP contribution >= 0.6 is 24.0 Å². The fourth-order valence-corrected chi connectivity index (χ4v) is 3.30. The van der Waals surface area contributed by atoms with Gasteiger partial charge in [0.15, 0.2) is 0 Å². The van der Waals surface area contributed by atoms with E-state index in [4.69, 9.17) is 17.3 Å². The van der Waals surface area contributed by atoms with E-state index in [2.05, 4.69) is 18.2 Å². The SMILES string of the molecule is Cl.Nc1cccc2c1C1CC=CC(C1)C2Cl. The van der Waals surface area contributed by atoms with Gasteiger partial charge in [-0.25, -0.2) is 0 Å². The van der Waals surface area contributed by atoms with E-state index in [1.54, 1.807) is 0 Å². The van der Waals surface area contributed by atoms with E-state index in [-0.39, 0.29) is 17.8 Å². The summed E-state index contributed by atoms with van der Waals surface area (Å²) < 4.78 is 0. The number of anilines is 1. The van der Waals surface area contributed by atoms with Gasteiger partial charge in [-0.15, -0.1) is 24.0 Å². The van der Waals surface area contributed by atoms with E-state index >= 15 is 0 Å². The first-order chi connectivity index (χ1) is 7.27. The summed E-state index contributed by atoms with van der Waals surface area (Å²) in [5.74, 6) is 1.09. The predicted octanol–water partition coefficient (Wildman–Crippen LogP) is 4.03. The second kappa shape index (κ2) is 4.31. The summed E-state index contributed by atoms with van der Waals surface area (Å²) in [6.45, 7) is 0. The third-order valence-electron chi connectivity index (χ3n) is 3.62. The van der Waals surface area contributed by atoms with Gasteiger partial charge in [-0.3, -0.25) is 0 Å². The zero-order chi connectivity index (χ0) is 10.4. The maximum atomic E-state index is 6.48. The molecule has 1 nitrogen and oxygen atoms in total. The largest absolute Gasteiger partial charge is 0.398 e. The summed E-state index contributed by atoms with van der Waals surface area (Å²) in [7, 11) is 0. The van der Waals surface area contributed by atoms with Gasteiger partial charge in [0, 0.05) is 5.69 Å². The Morgan fingerprint density at radius 3 is 2.94 bits per heavy atom. The molecule has 2 bridgehead atoms. The van der Waals surface area contributed by atoms with Gasteiger partial charge in [0.05, 0.1) is 5.38 Å². The average Bonchev–Trinajstić information content (AvgIpc) is 2.26. The van der Waals surface area contributed by atoms with Crippen LogP contribution in [0.25, 0.3) is 0 Å². The molecule has 0 saturated carbocycles. The standard InChI is InChI=1S/C13H14ClN.ClH/c14-13-9-4-1-3-8(7-9)12-10(13)5-2-6-11(12)15;/h1-2,4-6,8-9,13H,3,7,15H2;1H.